The second kappa shape index (κ2) is 6.55. The van der Waals surface area contributed by atoms with E-state index in [0.717, 1.165) is 4.31 Å². The van der Waals surface area contributed by atoms with Crippen LogP contribution in [0, 0.1) is 0 Å². The SMILES string of the molecule is CC(C)n1ncc(NCCS(=O)(=O)N(C)C)c(Cl)c1=O. The molecule has 0 atom stereocenters. The molecule has 20 heavy (non-hydrogen) atoms. The van der Waals surface area contributed by atoms with Crippen LogP contribution in [0.1, 0.15) is 19.9 Å². The van der Waals surface area contributed by atoms with E-state index in [1.165, 1.54) is 25.0 Å². The summed E-state index contributed by atoms with van der Waals surface area (Å²) in [6, 6.07) is -0.0943. The highest BCUT2D eigenvalue weighted by Crippen LogP contribution is 2.16. The largest absolute Gasteiger partial charge is 0.381 e. The fraction of sp³-hybridized carbons (Fsp3) is 0.636. The first kappa shape index (κ1) is 16.9. The summed E-state index contributed by atoms with van der Waals surface area (Å²) in [6.07, 6.45) is 1.42. The Hall–Kier alpha value is -1.12. The Morgan fingerprint density at radius 1 is 1.45 bits per heavy atom. The van der Waals surface area contributed by atoms with Crippen LogP contribution in [0.25, 0.3) is 0 Å². The van der Waals surface area contributed by atoms with Gasteiger partial charge >= 0.3 is 0 Å². The molecule has 1 aromatic rings. The molecule has 0 unspecified atom stereocenters. The molecular formula is C11H19ClN4O3S. The first-order valence-corrected chi connectivity index (χ1v) is 8.07. The quantitative estimate of drug-likeness (QED) is 0.836. The molecule has 1 heterocycles. The Balaban J connectivity index is 2.81. The number of hydrogen-bond donors (Lipinski definition) is 1. The maximum atomic E-state index is 11.9. The fourth-order valence-electron chi connectivity index (χ4n) is 1.43. The van der Waals surface area contributed by atoms with Gasteiger partial charge in [0.1, 0.15) is 5.02 Å². The van der Waals surface area contributed by atoms with Crippen molar-refractivity contribution in [2.45, 2.75) is 19.9 Å². The van der Waals surface area contributed by atoms with Crippen LogP contribution in [-0.2, 0) is 10.0 Å². The summed E-state index contributed by atoms with van der Waals surface area (Å²) in [5, 5.41) is 6.81. The molecular weight excluding hydrogens is 304 g/mol. The summed E-state index contributed by atoms with van der Waals surface area (Å²) in [6.45, 7) is 3.79. The smallest absolute Gasteiger partial charge is 0.287 e. The van der Waals surface area contributed by atoms with Crippen LogP contribution in [0.15, 0.2) is 11.0 Å². The lowest BCUT2D eigenvalue weighted by Crippen LogP contribution is -2.29. The van der Waals surface area contributed by atoms with Crippen molar-refractivity contribution in [2.75, 3.05) is 31.7 Å². The highest BCUT2D eigenvalue weighted by molar-refractivity contribution is 7.89. The summed E-state index contributed by atoms with van der Waals surface area (Å²) in [7, 11) is -0.357. The van der Waals surface area contributed by atoms with Crippen LogP contribution in [0.2, 0.25) is 5.02 Å². The fourth-order valence-corrected chi connectivity index (χ4v) is 2.36. The zero-order chi connectivity index (χ0) is 15.5. The molecule has 0 aliphatic heterocycles. The molecule has 0 fully saturated rings. The zero-order valence-electron chi connectivity index (χ0n) is 11.9. The lowest BCUT2D eigenvalue weighted by atomic mass is 10.4. The third-order valence-electron chi connectivity index (χ3n) is 2.66. The van der Waals surface area contributed by atoms with Crippen molar-refractivity contribution >= 4 is 27.3 Å². The van der Waals surface area contributed by atoms with Crippen molar-refractivity contribution in [3.8, 4) is 0 Å². The molecule has 0 aromatic carbocycles. The highest BCUT2D eigenvalue weighted by atomic mass is 35.5. The van der Waals surface area contributed by atoms with E-state index in [-0.39, 0.29) is 23.4 Å². The number of rotatable bonds is 6. The van der Waals surface area contributed by atoms with E-state index in [1.54, 1.807) is 0 Å². The van der Waals surface area contributed by atoms with Crippen molar-refractivity contribution in [2.24, 2.45) is 0 Å². The molecule has 0 amide bonds. The second-order valence-corrected chi connectivity index (χ2v) is 7.42. The van der Waals surface area contributed by atoms with Gasteiger partial charge in [0, 0.05) is 20.6 Å². The lowest BCUT2D eigenvalue weighted by Gasteiger charge is -2.14. The maximum Gasteiger partial charge on any atom is 0.287 e. The molecule has 1 aromatic heterocycles. The number of sulfonamides is 1. The van der Waals surface area contributed by atoms with Crippen molar-refractivity contribution < 1.29 is 8.42 Å². The average Bonchev–Trinajstić information content (AvgIpc) is 2.33. The Kier molecular flexibility index (Phi) is 5.55. The molecule has 1 rings (SSSR count). The summed E-state index contributed by atoms with van der Waals surface area (Å²) >= 11 is 5.96. The zero-order valence-corrected chi connectivity index (χ0v) is 13.5. The van der Waals surface area contributed by atoms with Crippen LogP contribution < -0.4 is 10.9 Å². The van der Waals surface area contributed by atoms with Crippen LogP contribution >= 0.6 is 11.6 Å². The predicted octanol–water partition coefficient (Wildman–Crippen LogP) is 0.781. The number of aromatic nitrogens is 2. The van der Waals surface area contributed by atoms with Gasteiger partial charge in [-0.1, -0.05) is 11.6 Å². The van der Waals surface area contributed by atoms with Gasteiger partial charge in [0.2, 0.25) is 10.0 Å². The summed E-state index contributed by atoms with van der Waals surface area (Å²) < 4.78 is 25.6. The Labute approximate surface area is 123 Å². The van der Waals surface area contributed by atoms with E-state index in [9.17, 15) is 13.2 Å². The second-order valence-electron chi connectivity index (χ2n) is 4.74. The molecule has 0 aliphatic rings. The van der Waals surface area contributed by atoms with Crippen molar-refractivity contribution in [1.29, 1.82) is 0 Å². The van der Waals surface area contributed by atoms with Crippen LogP contribution in [-0.4, -0.2) is 48.9 Å². The predicted molar refractivity (Wildman–Crippen MR) is 79.9 cm³/mol. The summed E-state index contributed by atoms with van der Waals surface area (Å²) in [4.78, 5) is 11.9. The molecule has 0 saturated heterocycles. The number of hydrogen-bond acceptors (Lipinski definition) is 5. The third-order valence-corrected chi connectivity index (χ3v) is 4.86. The van der Waals surface area contributed by atoms with E-state index < -0.39 is 15.6 Å². The number of halogens is 1. The van der Waals surface area contributed by atoms with E-state index in [0.29, 0.717) is 5.69 Å². The Bertz CT molecular complexity index is 625. The van der Waals surface area contributed by atoms with E-state index in [2.05, 4.69) is 10.4 Å². The average molecular weight is 323 g/mol. The minimum atomic E-state index is -3.29. The molecule has 0 aliphatic carbocycles. The third kappa shape index (κ3) is 3.94. The van der Waals surface area contributed by atoms with Crippen molar-refractivity contribution in [1.82, 2.24) is 14.1 Å². The van der Waals surface area contributed by atoms with Gasteiger partial charge in [0.05, 0.1) is 23.7 Å². The molecule has 114 valence electrons. The summed E-state index contributed by atoms with van der Waals surface area (Å²) in [5.74, 6) is -0.0937. The topological polar surface area (TPSA) is 84.3 Å². The monoisotopic (exact) mass is 322 g/mol. The van der Waals surface area contributed by atoms with E-state index in [4.69, 9.17) is 11.6 Å². The number of nitrogens with one attached hydrogen (secondary N) is 1. The highest BCUT2D eigenvalue weighted by Gasteiger charge is 2.15. The first-order valence-electron chi connectivity index (χ1n) is 6.08. The molecule has 7 nitrogen and oxygen atoms in total. The molecule has 0 radical (unpaired) electrons. The van der Waals surface area contributed by atoms with Gasteiger partial charge in [0.15, 0.2) is 0 Å². The van der Waals surface area contributed by atoms with Crippen LogP contribution in [0.3, 0.4) is 0 Å². The van der Waals surface area contributed by atoms with Gasteiger partial charge in [0.25, 0.3) is 5.56 Å². The van der Waals surface area contributed by atoms with Gasteiger partial charge in [-0.15, -0.1) is 0 Å². The van der Waals surface area contributed by atoms with Gasteiger partial charge in [-0.2, -0.15) is 5.10 Å². The summed E-state index contributed by atoms with van der Waals surface area (Å²) in [5.41, 5.74) is -0.0651. The minimum Gasteiger partial charge on any atom is -0.381 e. The standard InChI is InChI=1S/C11H19ClN4O3S/c1-8(2)16-11(17)10(12)9(7-14-16)13-5-6-20(18,19)15(3)4/h7-8,13H,5-6H2,1-4H3. The van der Waals surface area contributed by atoms with Crippen LogP contribution in [0.5, 0.6) is 0 Å². The first-order chi connectivity index (χ1) is 9.16. The van der Waals surface area contributed by atoms with Gasteiger partial charge in [-0.05, 0) is 13.8 Å². The number of nitrogens with zero attached hydrogens (tertiary/aromatic N) is 3. The molecule has 0 saturated carbocycles. The van der Waals surface area contributed by atoms with Gasteiger partial charge in [-0.3, -0.25) is 4.79 Å². The normalized spacial score (nSPS) is 12.2. The molecule has 0 spiro atoms. The Morgan fingerprint density at radius 2 is 2.05 bits per heavy atom. The van der Waals surface area contributed by atoms with E-state index >= 15 is 0 Å². The molecule has 9 heteroatoms. The number of anilines is 1. The van der Waals surface area contributed by atoms with Crippen LogP contribution in [0.4, 0.5) is 5.69 Å². The minimum absolute atomic E-state index is 0.0101. The molecule has 0 bridgehead atoms. The maximum absolute atomic E-state index is 11.9. The van der Waals surface area contributed by atoms with Crippen molar-refractivity contribution in [3.63, 3.8) is 0 Å². The lowest BCUT2D eigenvalue weighted by molar-refractivity contribution is 0.503. The van der Waals surface area contributed by atoms with E-state index in [1.807, 2.05) is 13.8 Å². The molecule has 1 N–H and O–H groups in total. The van der Waals surface area contributed by atoms with Crippen molar-refractivity contribution in [3.05, 3.63) is 21.6 Å². The van der Waals surface area contributed by atoms with Gasteiger partial charge in [-0.25, -0.2) is 17.4 Å². The Morgan fingerprint density at radius 3 is 2.55 bits per heavy atom. The van der Waals surface area contributed by atoms with Gasteiger partial charge < -0.3 is 5.32 Å².